The first-order chi connectivity index (χ1) is 52.3. The molecule has 0 N–H and O–H groups in total. The van der Waals surface area contributed by atoms with Crippen molar-refractivity contribution in [2.45, 2.75) is 52.4 Å². The summed E-state index contributed by atoms with van der Waals surface area (Å²) < 4.78 is 0. The van der Waals surface area contributed by atoms with E-state index in [1.165, 1.54) is 27.5 Å². The second-order valence-corrected chi connectivity index (χ2v) is 30.6. The molecule has 0 saturated carbocycles. The van der Waals surface area contributed by atoms with Crippen LogP contribution in [0.3, 0.4) is 0 Å². The molecule has 0 radical (unpaired) electrons. The van der Waals surface area contributed by atoms with E-state index in [1.54, 1.807) is 0 Å². The van der Waals surface area contributed by atoms with Gasteiger partial charge in [-0.25, -0.2) is 9.97 Å². The van der Waals surface area contributed by atoms with Gasteiger partial charge < -0.3 is 9.80 Å². The van der Waals surface area contributed by atoms with Gasteiger partial charge in [-0.3, -0.25) is 0 Å². The number of nitrogens with zero attached hydrogens (tertiary/aromatic N) is 4. The molecular weight excluding hydrogens is 1290 g/mol. The lowest BCUT2D eigenvalue weighted by Gasteiger charge is -2.45. The van der Waals surface area contributed by atoms with E-state index in [0.717, 1.165) is 151 Å². The summed E-state index contributed by atoms with van der Waals surface area (Å²) in [6.45, 7) is 13.8. The molecule has 1 aromatic heterocycles. The Kier molecular flexibility index (Phi) is 16.8. The average Bonchev–Trinajstić information content (AvgIpc) is 0.692. The maximum atomic E-state index is 6.04. The third kappa shape index (κ3) is 12.8. The molecule has 0 amide bonds. The van der Waals surface area contributed by atoms with Crippen LogP contribution in [0.4, 0.5) is 34.1 Å². The first-order valence-electron chi connectivity index (χ1n) is 37.3. The van der Waals surface area contributed by atoms with Gasteiger partial charge in [0.05, 0.1) is 11.4 Å². The van der Waals surface area contributed by atoms with Crippen LogP contribution in [0, 0.1) is 0 Å². The first kappa shape index (κ1) is 66.0. The zero-order valence-electron chi connectivity index (χ0n) is 61.1. The van der Waals surface area contributed by atoms with Crippen molar-refractivity contribution >= 4 is 57.2 Å². The van der Waals surface area contributed by atoms with Crippen molar-refractivity contribution in [2.75, 3.05) is 9.80 Å². The minimum Gasteiger partial charge on any atom is -0.311 e. The van der Waals surface area contributed by atoms with Crippen molar-refractivity contribution < 1.29 is 0 Å². The Morgan fingerprint density at radius 1 is 0.215 bits per heavy atom. The smallest absolute Gasteiger partial charge is 0.252 e. The van der Waals surface area contributed by atoms with Crippen molar-refractivity contribution in [1.29, 1.82) is 0 Å². The highest BCUT2D eigenvalue weighted by molar-refractivity contribution is 7.00. The molecule has 3 heterocycles. The summed E-state index contributed by atoms with van der Waals surface area (Å²) >= 11 is 0. The standard InChI is InChI=1S/C102H79BN4/c1-101(2,3)87-47-49-91-95(65-87)106(89-59-80(72-39-23-11-24-40-72)53-81(60-89)73-41-25-12-26-42-73)97-63-85(64-98-99(97)103(91)92-50-48-88(102(4,5)6)66-96(92)107(98)90-61-82(74-43-27-13-28-44-74)54-83(62-90)75-45-29-14-30-46-75)94-67-93(84-55-76(68-31-15-7-16-32-68)51-77(56-84)69-33-17-8-18-34-69)104-100(105-94)86-57-78(70-35-19-9-20-36-70)52-79(58-86)71-37-21-10-22-38-71/h7-67H,1-6H3. The van der Waals surface area contributed by atoms with E-state index in [1.807, 2.05) is 0 Å². The van der Waals surface area contributed by atoms with E-state index in [2.05, 4.69) is 421 Å². The normalized spacial score (nSPS) is 12.3. The third-order valence-electron chi connectivity index (χ3n) is 21.5. The maximum absolute atomic E-state index is 6.04. The Morgan fingerprint density at radius 2 is 0.458 bits per heavy atom. The SMILES string of the molecule is CC(C)(C)c1ccc2c(c1)N(c1cc(-c3ccccc3)cc(-c3ccccc3)c1)c1cc(-c3cc(-c4cc(-c5ccccc5)cc(-c5ccccc5)c4)nc(-c4cc(-c5ccccc5)cc(-c5ccccc5)c4)n3)cc3c1B2c1ccc(C(C)(C)C)cc1N3c1cc(-c2ccccc2)cc(-c2ccccc2)c1. The fraction of sp³-hybridized carbons (Fsp3) is 0.0784. The Bertz CT molecular complexity index is 5400. The first-order valence-corrected chi connectivity index (χ1v) is 37.3. The summed E-state index contributed by atoms with van der Waals surface area (Å²) in [6.07, 6.45) is 0. The van der Waals surface area contributed by atoms with Crippen molar-refractivity contribution in [3.8, 4) is 123 Å². The van der Waals surface area contributed by atoms with Crippen LogP contribution >= 0.6 is 0 Å². The zero-order chi connectivity index (χ0) is 72.3. The van der Waals surface area contributed by atoms with Gasteiger partial charge in [0.2, 0.25) is 0 Å². The molecule has 5 heteroatoms. The lowest BCUT2D eigenvalue weighted by molar-refractivity contribution is 0.590. The fourth-order valence-electron chi connectivity index (χ4n) is 15.9. The van der Waals surface area contributed by atoms with E-state index in [0.29, 0.717) is 5.82 Å². The van der Waals surface area contributed by atoms with Crippen molar-refractivity contribution in [2.24, 2.45) is 0 Å². The van der Waals surface area contributed by atoms with Crippen LogP contribution < -0.4 is 26.2 Å². The lowest BCUT2D eigenvalue weighted by atomic mass is 9.33. The Balaban J connectivity index is 0.991. The van der Waals surface area contributed by atoms with Gasteiger partial charge in [-0.2, -0.15) is 0 Å². The quantitative estimate of drug-likeness (QED) is 0.108. The number of benzene rings is 15. The highest BCUT2D eigenvalue weighted by atomic mass is 15.2. The molecule has 0 unspecified atom stereocenters. The van der Waals surface area contributed by atoms with Crippen LogP contribution in [-0.4, -0.2) is 16.7 Å². The maximum Gasteiger partial charge on any atom is 0.252 e. The minimum atomic E-state index is -0.197. The number of rotatable bonds is 13. The molecule has 16 aromatic rings. The topological polar surface area (TPSA) is 32.3 Å². The second kappa shape index (κ2) is 27.3. The van der Waals surface area contributed by atoms with Gasteiger partial charge >= 0.3 is 0 Å². The van der Waals surface area contributed by atoms with Crippen LogP contribution in [-0.2, 0) is 10.8 Å². The number of fused-ring (bicyclic) bond motifs is 4. The van der Waals surface area contributed by atoms with Crippen molar-refractivity contribution in [3.63, 3.8) is 0 Å². The molecule has 2 aliphatic heterocycles. The monoisotopic (exact) mass is 1370 g/mol. The molecule has 107 heavy (non-hydrogen) atoms. The molecule has 4 nitrogen and oxygen atoms in total. The van der Waals surface area contributed by atoms with E-state index in [4.69, 9.17) is 9.97 Å². The van der Waals surface area contributed by atoms with Gasteiger partial charge in [0.25, 0.3) is 6.71 Å². The molecule has 0 spiro atoms. The van der Waals surface area contributed by atoms with E-state index in [9.17, 15) is 0 Å². The van der Waals surface area contributed by atoms with Crippen LogP contribution in [0.15, 0.2) is 370 Å². The van der Waals surface area contributed by atoms with Crippen LogP contribution in [0.5, 0.6) is 0 Å². The average molecular weight is 1370 g/mol. The number of hydrogen-bond acceptors (Lipinski definition) is 4. The fourth-order valence-corrected chi connectivity index (χ4v) is 15.9. The third-order valence-corrected chi connectivity index (χ3v) is 21.5. The van der Waals surface area contributed by atoms with Crippen molar-refractivity contribution in [1.82, 2.24) is 9.97 Å². The highest BCUT2D eigenvalue weighted by Gasteiger charge is 2.45. The summed E-state index contributed by atoms with van der Waals surface area (Å²) in [6, 6.07) is 137. The summed E-state index contributed by atoms with van der Waals surface area (Å²) in [4.78, 5) is 17.1. The molecule has 0 fully saturated rings. The predicted molar refractivity (Wildman–Crippen MR) is 453 cm³/mol. The number of hydrogen-bond donors (Lipinski definition) is 0. The van der Waals surface area contributed by atoms with Crippen LogP contribution in [0.25, 0.3) is 123 Å². The Morgan fingerprint density at radius 3 is 0.729 bits per heavy atom. The van der Waals surface area contributed by atoms with E-state index in [-0.39, 0.29) is 17.5 Å². The zero-order valence-corrected chi connectivity index (χ0v) is 61.1. The second-order valence-electron chi connectivity index (χ2n) is 30.6. The van der Waals surface area contributed by atoms with Crippen molar-refractivity contribution in [3.05, 3.63) is 381 Å². The largest absolute Gasteiger partial charge is 0.311 e. The predicted octanol–water partition coefficient (Wildman–Crippen LogP) is 25.5. The summed E-state index contributed by atoms with van der Waals surface area (Å²) in [5.41, 5.74) is 34.6. The van der Waals surface area contributed by atoms with Gasteiger partial charge in [-0.1, -0.05) is 308 Å². The van der Waals surface area contributed by atoms with Gasteiger partial charge in [0, 0.05) is 50.8 Å². The number of aromatic nitrogens is 2. The molecule has 2 aliphatic rings. The Labute approximate surface area is 629 Å². The lowest BCUT2D eigenvalue weighted by Crippen LogP contribution is -2.61. The molecule has 0 bridgehead atoms. The van der Waals surface area contributed by atoms with Gasteiger partial charge in [0.15, 0.2) is 5.82 Å². The highest BCUT2D eigenvalue weighted by Crippen LogP contribution is 2.51. The van der Waals surface area contributed by atoms with Crippen LogP contribution in [0.1, 0.15) is 52.7 Å². The number of anilines is 6. The molecule has 0 aliphatic carbocycles. The molecule has 18 rings (SSSR count). The van der Waals surface area contributed by atoms with Gasteiger partial charge in [-0.05, 0) is 230 Å². The molecule has 0 atom stereocenters. The van der Waals surface area contributed by atoms with Gasteiger partial charge in [0.1, 0.15) is 0 Å². The molecule has 0 saturated heterocycles. The minimum absolute atomic E-state index is 0.192. The summed E-state index contributed by atoms with van der Waals surface area (Å²) in [7, 11) is 0. The van der Waals surface area contributed by atoms with Crippen LogP contribution in [0.2, 0.25) is 0 Å². The summed E-state index contributed by atoms with van der Waals surface area (Å²) in [5, 5.41) is 0. The van der Waals surface area contributed by atoms with Gasteiger partial charge in [-0.15, -0.1) is 0 Å². The Hall–Kier alpha value is -13.0. The molecule has 510 valence electrons. The molecule has 15 aromatic carbocycles. The summed E-state index contributed by atoms with van der Waals surface area (Å²) in [5.74, 6) is 0.614. The molecular formula is C102H79BN4. The van der Waals surface area contributed by atoms with E-state index >= 15 is 0 Å². The van der Waals surface area contributed by atoms with E-state index < -0.39 is 0 Å².